The van der Waals surface area contributed by atoms with Gasteiger partial charge in [0, 0.05) is 18.5 Å². The molecule has 28 heavy (non-hydrogen) atoms. The van der Waals surface area contributed by atoms with E-state index >= 15 is 0 Å². The summed E-state index contributed by atoms with van der Waals surface area (Å²) in [5, 5.41) is 6.64. The van der Waals surface area contributed by atoms with Crippen LogP contribution in [0.15, 0.2) is 48.5 Å². The molecule has 3 rings (SSSR count). The lowest BCUT2D eigenvalue weighted by Gasteiger charge is -2.10. The summed E-state index contributed by atoms with van der Waals surface area (Å²) >= 11 is 1.60. The van der Waals surface area contributed by atoms with Crippen molar-refractivity contribution in [1.29, 1.82) is 0 Å². The number of anilines is 1. The van der Waals surface area contributed by atoms with Crippen molar-refractivity contribution in [3.8, 4) is 10.6 Å². The van der Waals surface area contributed by atoms with Crippen LogP contribution in [-0.4, -0.2) is 30.6 Å². The van der Waals surface area contributed by atoms with Gasteiger partial charge in [-0.3, -0.25) is 4.79 Å². The normalized spacial score (nSPS) is 10.6. The van der Waals surface area contributed by atoms with Crippen LogP contribution in [0.4, 0.5) is 10.5 Å². The number of fused-ring (bicyclic) bond motifs is 1. The number of para-hydroxylation sites is 2. The summed E-state index contributed by atoms with van der Waals surface area (Å²) < 4.78 is 5.72. The van der Waals surface area contributed by atoms with Crippen LogP contribution in [0.5, 0.6) is 0 Å². The zero-order chi connectivity index (χ0) is 19.8. The Kier molecular flexibility index (Phi) is 6.97. The van der Waals surface area contributed by atoms with Crippen LogP contribution in [0.25, 0.3) is 20.8 Å². The van der Waals surface area contributed by atoms with E-state index in [1.807, 2.05) is 48.5 Å². The van der Waals surface area contributed by atoms with Gasteiger partial charge in [0.2, 0.25) is 0 Å². The zero-order valence-corrected chi connectivity index (χ0v) is 16.6. The second kappa shape index (κ2) is 9.85. The molecule has 0 bridgehead atoms. The summed E-state index contributed by atoms with van der Waals surface area (Å²) in [6.07, 6.45) is 2.84. The third-order valence-electron chi connectivity index (χ3n) is 4.27. The van der Waals surface area contributed by atoms with Gasteiger partial charge in [0.1, 0.15) is 5.01 Å². The number of aromatic nitrogens is 1. The molecule has 0 radical (unpaired) electrons. The smallest absolute Gasteiger partial charge is 0.319 e. The molecular weight excluding hydrogens is 374 g/mol. The van der Waals surface area contributed by atoms with Gasteiger partial charge in [0.05, 0.1) is 23.0 Å². The molecule has 1 heterocycles. The number of thiazole rings is 1. The lowest BCUT2D eigenvalue weighted by atomic mass is 10.2. The summed E-state index contributed by atoms with van der Waals surface area (Å²) in [7, 11) is 1.39. The van der Waals surface area contributed by atoms with Crippen molar-refractivity contribution in [3.05, 3.63) is 48.5 Å². The molecule has 6 nitrogen and oxygen atoms in total. The molecular formula is C21H23N3O3S. The topological polar surface area (TPSA) is 80.3 Å². The number of rotatable bonds is 8. The molecule has 2 aromatic carbocycles. The van der Waals surface area contributed by atoms with Crippen molar-refractivity contribution < 1.29 is 14.3 Å². The van der Waals surface area contributed by atoms with E-state index in [2.05, 4.69) is 20.4 Å². The molecule has 0 aliphatic carbocycles. The maximum atomic E-state index is 12.2. The minimum atomic E-state index is -0.249. The first-order chi connectivity index (χ1) is 13.7. The Bertz CT molecular complexity index is 922. The SMILES string of the molecule is COC(=O)CCCCCNC(=O)Nc1ccccc1-c1nc2ccccc2s1. The van der Waals surface area contributed by atoms with Crippen LogP contribution in [0.1, 0.15) is 25.7 Å². The number of nitrogens with zero attached hydrogens (tertiary/aromatic N) is 1. The number of hydrogen-bond donors (Lipinski definition) is 2. The van der Waals surface area contributed by atoms with E-state index in [1.54, 1.807) is 11.3 Å². The van der Waals surface area contributed by atoms with Crippen molar-refractivity contribution in [2.24, 2.45) is 0 Å². The number of ether oxygens (including phenoxy) is 1. The molecule has 0 aliphatic heterocycles. The average Bonchev–Trinajstić information content (AvgIpc) is 3.14. The van der Waals surface area contributed by atoms with Gasteiger partial charge in [0.25, 0.3) is 0 Å². The fourth-order valence-corrected chi connectivity index (χ4v) is 3.81. The van der Waals surface area contributed by atoms with Crippen LogP contribution < -0.4 is 10.6 Å². The van der Waals surface area contributed by atoms with Crippen LogP contribution in [-0.2, 0) is 9.53 Å². The molecule has 2 amide bonds. The second-order valence-corrected chi connectivity index (χ2v) is 7.33. The van der Waals surface area contributed by atoms with E-state index in [-0.39, 0.29) is 12.0 Å². The summed E-state index contributed by atoms with van der Waals surface area (Å²) in [4.78, 5) is 28.0. The molecule has 1 aromatic heterocycles. The van der Waals surface area contributed by atoms with Crippen LogP contribution in [0.3, 0.4) is 0 Å². The van der Waals surface area contributed by atoms with Gasteiger partial charge < -0.3 is 15.4 Å². The van der Waals surface area contributed by atoms with Crippen molar-refractivity contribution in [3.63, 3.8) is 0 Å². The molecule has 3 aromatic rings. The molecule has 0 saturated carbocycles. The number of urea groups is 1. The van der Waals surface area contributed by atoms with E-state index in [0.717, 1.165) is 45.7 Å². The molecule has 0 unspecified atom stereocenters. The molecule has 0 aliphatic rings. The van der Waals surface area contributed by atoms with Crippen molar-refractivity contribution >= 4 is 39.2 Å². The van der Waals surface area contributed by atoms with Gasteiger partial charge in [-0.1, -0.05) is 30.7 Å². The highest BCUT2D eigenvalue weighted by Crippen LogP contribution is 2.34. The monoisotopic (exact) mass is 397 g/mol. The number of methoxy groups -OCH3 is 1. The standard InChI is InChI=1S/C21H23N3O3S/c1-27-19(25)13-3-2-8-14-22-21(26)24-16-10-5-4-9-15(16)20-23-17-11-6-7-12-18(17)28-20/h4-7,9-12H,2-3,8,13-14H2,1H3,(H2,22,24,26). The maximum absolute atomic E-state index is 12.2. The number of amides is 2. The summed E-state index contributed by atoms with van der Waals surface area (Å²) in [6, 6.07) is 15.4. The van der Waals surface area contributed by atoms with E-state index in [9.17, 15) is 9.59 Å². The van der Waals surface area contributed by atoms with Crippen molar-refractivity contribution in [2.75, 3.05) is 19.0 Å². The third-order valence-corrected chi connectivity index (χ3v) is 5.34. The predicted octanol–water partition coefficient (Wildman–Crippen LogP) is 4.82. The average molecular weight is 398 g/mol. The van der Waals surface area contributed by atoms with Crippen molar-refractivity contribution in [1.82, 2.24) is 10.3 Å². The fraction of sp³-hybridized carbons (Fsp3) is 0.286. The number of esters is 1. The summed E-state index contributed by atoms with van der Waals surface area (Å²) in [5.74, 6) is -0.197. The molecule has 0 saturated heterocycles. The number of carbonyl (C=O) groups excluding carboxylic acids is 2. The first-order valence-electron chi connectivity index (χ1n) is 9.24. The van der Waals surface area contributed by atoms with Gasteiger partial charge in [0.15, 0.2) is 0 Å². The Morgan fingerprint density at radius 3 is 2.64 bits per heavy atom. The van der Waals surface area contributed by atoms with Gasteiger partial charge in [-0.25, -0.2) is 9.78 Å². The zero-order valence-electron chi connectivity index (χ0n) is 15.7. The highest BCUT2D eigenvalue weighted by atomic mass is 32.1. The number of carbonyl (C=O) groups is 2. The number of benzene rings is 2. The molecule has 0 atom stereocenters. The Hall–Kier alpha value is -2.93. The largest absolute Gasteiger partial charge is 0.469 e. The quantitative estimate of drug-likeness (QED) is 0.422. The van der Waals surface area contributed by atoms with Crippen molar-refractivity contribution in [2.45, 2.75) is 25.7 Å². The Morgan fingerprint density at radius 1 is 1.04 bits per heavy atom. The molecule has 0 spiro atoms. The first-order valence-corrected chi connectivity index (χ1v) is 10.1. The van der Waals surface area contributed by atoms with E-state index in [0.29, 0.717) is 13.0 Å². The van der Waals surface area contributed by atoms with E-state index < -0.39 is 0 Å². The third kappa shape index (κ3) is 5.29. The molecule has 146 valence electrons. The fourth-order valence-electron chi connectivity index (χ4n) is 2.81. The number of unbranched alkanes of at least 4 members (excludes halogenated alkanes) is 2. The minimum Gasteiger partial charge on any atom is -0.469 e. The van der Waals surface area contributed by atoms with Crippen LogP contribution >= 0.6 is 11.3 Å². The summed E-state index contributed by atoms with van der Waals surface area (Å²) in [6.45, 7) is 0.552. The lowest BCUT2D eigenvalue weighted by molar-refractivity contribution is -0.140. The minimum absolute atomic E-state index is 0.197. The van der Waals surface area contributed by atoms with Crippen LogP contribution in [0.2, 0.25) is 0 Å². The molecule has 2 N–H and O–H groups in total. The van der Waals surface area contributed by atoms with E-state index in [1.165, 1.54) is 7.11 Å². The summed E-state index contributed by atoms with van der Waals surface area (Å²) in [5.41, 5.74) is 2.58. The predicted molar refractivity (Wildman–Crippen MR) is 113 cm³/mol. The van der Waals surface area contributed by atoms with Gasteiger partial charge >= 0.3 is 12.0 Å². The molecule has 7 heteroatoms. The first kappa shape index (κ1) is 19.8. The Balaban J connectivity index is 1.55. The van der Waals surface area contributed by atoms with Gasteiger partial charge in [-0.2, -0.15) is 0 Å². The van der Waals surface area contributed by atoms with Crippen LogP contribution in [0, 0.1) is 0 Å². The molecule has 0 fully saturated rings. The highest BCUT2D eigenvalue weighted by Gasteiger charge is 2.12. The number of nitrogens with one attached hydrogen (secondary N) is 2. The maximum Gasteiger partial charge on any atom is 0.319 e. The Labute approximate surface area is 167 Å². The van der Waals surface area contributed by atoms with E-state index in [4.69, 9.17) is 0 Å². The van der Waals surface area contributed by atoms with Gasteiger partial charge in [-0.05, 0) is 37.1 Å². The highest BCUT2D eigenvalue weighted by molar-refractivity contribution is 7.21. The van der Waals surface area contributed by atoms with Gasteiger partial charge in [-0.15, -0.1) is 11.3 Å². The number of hydrogen-bond acceptors (Lipinski definition) is 5. The Morgan fingerprint density at radius 2 is 1.82 bits per heavy atom. The lowest BCUT2D eigenvalue weighted by Crippen LogP contribution is -2.29. The second-order valence-electron chi connectivity index (χ2n) is 6.30.